The molecule has 4 atom stereocenters. The summed E-state index contributed by atoms with van der Waals surface area (Å²) in [6.07, 6.45) is 0. The Morgan fingerprint density at radius 1 is 0.565 bits per heavy atom. The summed E-state index contributed by atoms with van der Waals surface area (Å²) in [5.41, 5.74) is 0. The molecule has 0 saturated carbocycles. The van der Waals surface area contributed by atoms with E-state index in [0.29, 0.717) is 0 Å². The standard InChI is InChI=1S/H7O16P5.Pb.Sb.4H/c1-17(2,3)13-19(7,8)15-21(11,12)16-20(9,10)14-18(4,5)6;;;;;;/h(H,7,8)(H,9,10)(H,11,12)(H2,1,2,3)(H2,4,5,6);;;;;;/q;;+1;;;;/p-1. The summed E-state index contributed by atoms with van der Waals surface area (Å²) in [6.45, 7) is 0. The predicted octanol–water partition coefficient (Wildman–Crippen LogP) is -1.80. The van der Waals surface area contributed by atoms with E-state index in [1.54, 1.807) is 0 Å². The Bertz CT molecular complexity index is 628. The molecule has 6 N–H and O–H groups in total. The molecule has 0 bridgehead atoms. The predicted molar refractivity (Wildman–Crippen MR) is 73.9 cm³/mol. The van der Waals surface area contributed by atoms with E-state index < -0.39 is 62.6 Å². The van der Waals surface area contributed by atoms with Crippen molar-refractivity contribution >= 4 is 89.9 Å². The van der Waals surface area contributed by atoms with Crippen LogP contribution in [0.3, 0.4) is 0 Å². The van der Waals surface area contributed by atoms with E-state index in [9.17, 15) is 22.8 Å². The van der Waals surface area contributed by atoms with Crippen molar-refractivity contribution in [1.29, 1.82) is 0 Å². The molecule has 0 aliphatic heterocycles. The van der Waals surface area contributed by atoms with Crippen molar-refractivity contribution in [2.75, 3.05) is 0 Å². The summed E-state index contributed by atoms with van der Waals surface area (Å²) in [5, 5.41) is 0. The molecule has 0 aliphatic rings. The first-order valence-corrected chi connectivity index (χ1v) is 12.8. The molecule has 4 unspecified atom stereocenters. The molecule has 0 aromatic heterocycles. The monoisotopic (exact) mass is 750 g/mol. The molecule has 2 radical (unpaired) electrons. The zero-order valence-electron chi connectivity index (χ0n) is 10.3. The van der Waals surface area contributed by atoms with Crippen LogP contribution in [-0.4, -0.2) is 80.1 Å². The Hall–Kier alpha value is 2.45. The third-order valence-electron chi connectivity index (χ3n) is 0.962. The molecule has 0 aliphatic carbocycles. The molecule has 0 rings (SSSR count). The van der Waals surface area contributed by atoms with E-state index in [0.717, 1.165) is 0 Å². The van der Waals surface area contributed by atoms with Gasteiger partial charge in [0.15, 0.2) is 0 Å². The van der Waals surface area contributed by atoms with Gasteiger partial charge < -0.3 is 0 Å². The normalized spacial score (nSPS) is 22.7. The van der Waals surface area contributed by atoms with Gasteiger partial charge in [-0.25, -0.2) is 0 Å². The summed E-state index contributed by atoms with van der Waals surface area (Å²) in [7, 11) is -28.5. The minimum absolute atomic E-state index is 0. The summed E-state index contributed by atoms with van der Waals surface area (Å²) < 4.78 is 71.3. The van der Waals surface area contributed by atoms with Gasteiger partial charge in [0.2, 0.25) is 0 Å². The molecule has 0 aromatic carbocycles. The zero-order valence-corrected chi connectivity index (χ0v) is 23.6. The molecule has 0 spiro atoms. The van der Waals surface area contributed by atoms with Gasteiger partial charge in [0.25, 0.3) is 0 Å². The van der Waals surface area contributed by atoms with Crippen LogP contribution in [0.25, 0.3) is 0 Å². The molecule has 0 aromatic rings. The summed E-state index contributed by atoms with van der Waals surface area (Å²) in [6, 6.07) is 0. The van der Waals surface area contributed by atoms with Gasteiger partial charge in [0.1, 0.15) is 0 Å². The number of phosphoric acid groups is 5. The van der Waals surface area contributed by atoms with Gasteiger partial charge >= 0.3 is 162 Å². The van der Waals surface area contributed by atoms with E-state index >= 15 is 0 Å². The van der Waals surface area contributed by atoms with E-state index in [1.807, 2.05) is 0 Å². The summed E-state index contributed by atoms with van der Waals surface area (Å²) in [4.78, 5) is 51.7. The first kappa shape index (κ1) is 27.7. The quantitative estimate of drug-likeness (QED) is 0.112. The Balaban J connectivity index is 0. The Kier molecular flexibility index (Phi) is 11.5. The van der Waals surface area contributed by atoms with Crippen LogP contribution in [0.5, 0.6) is 0 Å². The van der Waals surface area contributed by atoms with Crippen LogP contribution in [0.1, 0.15) is 0 Å². The number of rotatable bonds is 9. The van der Waals surface area contributed by atoms with E-state index in [4.69, 9.17) is 29.4 Å². The van der Waals surface area contributed by atoms with Crippen molar-refractivity contribution in [3.05, 3.63) is 0 Å². The van der Waals surface area contributed by atoms with Gasteiger partial charge in [-0.05, 0) is 0 Å². The van der Waals surface area contributed by atoms with Gasteiger partial charge in [0, 0.05) is 0 Å². The van der Waals surface area contributed by atoms with Crippen molar-refractivity contribution in [1.82, 2.24) is 0 Å². The Morgan fingerprint density at radius 2 is 0.826 bits per heavy atom. The maximum absolute atomic E-state index is 11.1. The molecule has 140 valence electrons. The third kappa shape index (κ3) is 14.2. The van der Waals surface area contributed by atoms with Crippen molar-refractivity contribution in [2.45, 2.75) is 0 Å². The van der Waals surface area contributed by atoms with Gasteiger partial charge in [0.05, 0.1) is 0 Å². The van der Waals surface area contributed by atoms with Crippen LogP contribution < -0.4 is 0 Å². The Morgan fingerprint density at radius 3 is 1.09 bits per heavy atom. The first-order valence-electron chi connectivity index (χ1n) is 3.99. The SMILES string of the molecule is O=P(O)(O)OP(=O)(O)OP(=O)(O)OP(=O)(O)OP(=O)(O)[O][SbH2].[PbH2]. The second kappa shape index (κ2) is 9.59. The van der Waals surface area contributed by atoms with Crippen LogP contribution in [-0.2, 0) is 42.9 Å². The van der Waals surface area contributed by atoms with Gasteiger partial charge in [-0.3, -0.25) is 0 Å². The minimum atomic E-state index is -6.01. The number of hydrogen-bond donors (Lipinski definition) is 6. The van der Waals surface area contributed by atoms with Gasteiger partial charge in [-0.15, -0.1) is 0 Å². The molecule has 16 nitrogen and oxygen atoms in total. The van der Waals surface area contributed by atoms with Crippen LogP contribution in [0.2, 0.25) is 0 Å². The molecule has 23 heavy (non-hydrogen) atoms. The van der Waals surface area contributed by atoms with Crippen molar-refractivity contribution in [3.8, 4) is 0 Å². The topological polar surface area (TPSA) is 253 Å². The fraction of sp³-hybridized carbons (Fsp3) is 0. The van der Waals surface area contributed by atoms with Crippen LogP contribution in [0.4, 0.5) is 0 Å². The average molecular weight is 750 g/mol. The Labute approximate surface area is 161 Å². The van der Waals surface area contributed by atoms with Crippen molar-refractivity contribution < 1.29 is 72.2 Å². The molecule has 0 amide bonds. The fourth-order valence-electron chi connectivity index (χ4n) is 0.590. The van der Waals surface area contributed by atoms with Crippen LogP contribution in [0, 0.1) is 0 Å². The molecule has 23 heteroatoms. The molecule has 0 saturated heterocycles. The molecular weight excluding hydrogens is 740 g/mol. The summed E-state index contributed by atoms with van der Waals surface area (Å²) >= 11 is -0.394. The summed E-state index contributed by atoms with van der Waals surface area (Å²) in [5.74, 6) is 0. The van der Waals surface area contributed by atoms with Crippen molar-refractivity contribution in [3.63, 3.8) is 0 Å². The van der Waals surface area contributed by atoms with E-state index in [2.05, 4.69) is 20.0 Å². The maximum atomic E-state index is 11.1. The second-order valence-corrected chi connectivity index (χ2v) is 12.2. The van der Waals surface area contributed by atoms with E-state index in [-0.39, 0.29) is 27.3 Å². The van der Waals surface area contributed by atoms with Crippen LogP contribution in [0.15, 0.2) is 0 Å². The second-order valence-electron chi connectivity index (χ2n) is 2.80. The zero-order chi connectivity index (χ0) is 18.0. The van der Waals surface area contributed by atoms with Crippen molar-refractivity contribution in [2.24, 2.45) is 0 Å². The van der Waals surface area contributed by atoms with Gasteiger partial charge in [-0.1, -0.05) is 0 Å². The first-order chi connectivity index (χ1) is 9.39. The average Bonchev–Trinajstić information content (AvgIpc) is 2.06. The van der Waals surface area contributed by atoms with E-state index in [1.165, 1.54) is 0 Å². The fourth-order valence-corrected chi connectivity index (χ4v) is 7.10. The third-order valence-corrected chi connectivity index (χ3v) is 10.1. The molecule has 0 fully saturated rings. The van der Waals surface area contributed by atoms with Crippen LogP contribution >= 0.6 is 39.1 Å². The molecular formula is H10O16P5PbSb. The number of hydrogen-bond acceptors (Lipinski definition) is 10. The molecule has 0 heterocycles. The van der Waals surface area contributed by atoms with Gasteiger partial charge in [-0.2, -0.15) is 0 Å².